The minimum atomic E-state index is -0.226. The molecule has 2 aliphatic rings. The van der Waals surface area contributed by atoms with Crippen molar-refractivity contribution in [3.63, 3.8) is 0 Å². The van der Waals surface area contributed by atoms with Gasteiger partial charge in [0.25, 0.3) is 5.91 Å². The van der Waals surface area contributed by atoms with Crippen molar-refractivity contribution in [3.05, 3.63) is 40.4 Å². The highest BCUT2D eigenvalue weighted by molar-refractivity contribution is 6.34. The predicted octanol–water partition coefficient (Wildman–Crippen LogP) is 1.52. The number of carbonyl (C=O) groups excluding carboxylic acids is 2. The maximum Gasteiger partial charge on any atom is 0.321 e. The third-order valence-electron chi connectivity index (χ3n) is 4.00. The molecule has 0 aromatic heterocycles. The Morgan fingerprint density at radius 1 is 1.35 bits per heavy atom. The molecule has 3 rings (SSSR count). The molecule has 2 heterocycles. The molecule has 122 valence electrons. The number of hydrogen-bond donors (Lipinski definition) is 3. The molecule has 3 N–H and O–H groups in total. The Morgan fingerprint density at radius 2 is 2.22 bits per heavy atom. The van der Waals surface area contributed by atoms with Crippen LogP contribution < -0.4 is 20.9 Å². The first-order valence-corrected chi connectivity index (χ1v) is 8.04. The Balaban J connectivity index is 1.71. The van der Waals surface area contributed by atoms with Crippen molar-refractivity contribution in [2.45, 2.75) is 6.42 Å². The summed E-state index contributed by atoms with van der Waals surface area (Å²) in [4.78, 5) is 25.7. The van der Waals surface area contributed by atoms with Gasteiger partial charge in [-0.3, -0.25) is 9.69 Å². The fourth-order valence-corrected chi connectivity index (χ4v) is 2.90. The third kappa shape index (κ3) is 3.65. The number of hydrogen-bond acceptors (Lipinski definition) is 3. The topological polar surface area (TPSA) is 73.5 Å². The standard InChI is InChI=1S/C16H19ClN4O2/c17-14-2-1-12(21-8-7-19-16(21)23)9-13(14)15(22)20-10-11-3-5-18-6-4-11/h1-3,9,18H,4-8,10H2,(H,19,23)(H,20,22). The van der Waals surface area contributed by atoms with Crippen molar-refractivity contribution in [1.82, 2.24) is 16.0 Å². The summed E-state index contributed by atoms with van der Waals surface area (Å²) in [6, 6.07) is 4.92. The van der Waals surface area contributed by atoms with Gasteiger partial charge >= 0.3 is 6.03 Å². The SMILES string of the molecule is O=C(NCC1=CCNCC1)c1cc(N2CCNC2=O)ccc1Cl. The van der Waals surface area contributed by atoms with Crippen molar-refractivity contribution < 1.29 is 9.59 Å². The van der Waals surface area contributed by atoms with Crippen molar-refractivity contribution >= 4 is 29.2 Å². The molecule has 7 heteroatoms. The number of halogens is 1. The zero-order chi connectivity index (χ0) is 16.2. The molecule has 1 aromatic rings. The Kier molecular flexibility index (Phi) is 4.83. The van der Waals surface area contributed by atoms with E-state index in [1.807, 2.05) is 0 Å². The molecular weight excluding hydrogens is 316 g/mol. The van der Waals surface area contributed by atoms with Gasteiger partial charge in [-0.15, -0.1) is 0 Å². The van der Waals surface area contributed by atoms with Gasteiger partial charge in [0, 0.05) is 31.9 Å². The van der Waals surface area contributed by atoms with Gasteiger partial charge in [-0.05, 0) is 31.2 Å². The van der Waals surface area contributed by atoms with Crippen LogP contribution in [0.1, 0.15) is 16.8 Å². The van der Waals surface area contributed by atoms with Crippen LogP contribution in [0.2, 0.25) is 5.02 Å². The summed E-state index contributed by atoms with van der Waals surface area (Å²) in [6.07, 6.45) is 3.03. The van der Waals surface area contributed by atoms with Crippen molar-refractivity contribution in [2.24, 2.45) is 0 Å². The van der Waals surface area contributed by atoms with Crippen LogP contribution in [-0.4, -0.2) is 44.7 Å². The number of nitrogens with one attached hydrogen (secondary N) is 3. The number of anilines is 1. The summed E-state index contributed by atoms with van der Waals surface area (Å²) in [5.74, 6) is -0.226. The first kappa shape index (κ1) is 15.8. The van der Waals surface area contributed by atoms with Gasteiger partial charge in [0.2, 0.25) is 0 Å². The van der Waals surface area contributed by atoms with Crippen LogP contribution >= 0.6 is 11.6 Å². The highest BCUT2D eigenvalue weighted by atomic mass is 35.5. The van der Waals surface area contributed by atoms with Crippen LogP contribution in [0.15, 0.2) is 29.8 Å². The lowest BCUT2D eigenvalue weighted by molar-refractivity contribution is 0.0956. The Hall–Kier alpha value is -2.05. The Morgan fingerprint density at radius 3 is 2.91 bits per heavy atom. The van der Waals surface area contributed by atoms with Crippen molar-refractivity contribution in [1.29, 1.82) is 0 Å². The number of nitrogens with zero attached hydrogens (tertiary/aromatic N) is 1. The van der Waals surface area contributed by atoms with Gasteiger partial charge in [-0.2, -0.15) is 0 Å². The summed E-state index contributed by atoms with van der Waals surface area (Å²) < 4.78 is 0. The fourth-order valence-electron chi connectivity index (χ4n) is 2.69. The molecule has 1 aromatic carbocycles. The zero-order valence-corrected chi connectivity index (χ0v) is 13.4. The maximum atomic E-state index is 12.4. The van der Waals surface area contributed by atoms with E-state index in [1.54, 1.807) is 23.1 Å². The van der Waals surface area contributed by atoms with Crippen LogP contribution in [0.4, 0.5) is 10.5 Å². The zero-order valence-electron chi connectivity index (χ0n) is 12.7. The molecule has 1 fully saturated rings. The van der Waals surface area contributed by atoms with Crippen molar-refractivity contribution in [2.75, 3.05) is 37.6 Å². The minimum Gasteiger partial charge on any atom is -0.348 e. The Bertz CT molecular complexity index is 659. The fraction of sp³-hybridized carbons (Fsp3) is 0.375. The van der Waals surface area contributed by atoms with Crippen LogP contribution in [-0.2, 0) is 0 Å². The first-order valence-electron chi connectivity index (χ1n) is 7.67. The van der Waals surface area contributed by atoms with E-state index in [-0.39, 0.29) is 11.9 Å². The van der Waals surface area contributed by atoms with Crippen LogP contribution in [0.25, 0.3) is 0 Å². The van der Waals surface area contributed by atoms with E-state index in [0.717, 1.165) is 19.5 Å². The predicted molar refractivity (Wildman–Crippen MR) is 90.1 cm³/mol. The Labute approximate surface area is 139 Å². The molecule has 23 heavy (non-hydrogen) atoms. The average Bonchev–Trinajstić information content (AvgIpc) is 3.00. The second-order valence-electron chi connectivity index (χ2n) is 5.55. The van der Waals surface area contributed by atoms with Gasteiger partial charge in [0.1, 0.15) is 0 Å². The van der Waals surface area contributed by atoms with E-state index in [0.29, 0.717) is 35.9 Å². The maximum absolute atomic E-state index is 12.4. The summed E-state index contributed by atoms with van der Waals surface area (Å²) in [7, 11) is 0. The molecule has 0 bridgehead atoms. The van der Waals surface area contributed by atoms with Gasteiger partial charge in [-0.25, -0.2) is 4.79 Å². The van der Waals surface area contributed by atoms with Crippen LogP contribution in [0.5, 0.6) is 0 Å². The van der Waals surface area contributed by atoms with E-state index < -0.39 is 0 Å². The average molecular weight is 335 g/mol. The summed E-state index contributed by atoms with van der Waals surface area (Å²) in [5, 5.41) is 9.25. The van der Waals surface area contributed by atoms with Gasteiger partial charge in [-0.1, -0.05) is 23.3 Å². The first-order chi connectivity index (χ1) is 11.1. The van der Waals surface area contributed by atoms with Gasteiger partial charge in [0.05, 0.1) is 10.6 Å². The monoisotopic (exact) mass is 334 g/mol. The second kappa shape index (κ2) is 7.02. The van der Waals surface area contributed by atoms with E-state index in [9.17, 15) is 9.59 Å². The lowest BCUT2D eigenvalue weighted by Crippen LogP contribution is -2.30. The molecule has 0 aliphatic carbocycles. The smallest absolute Gasteiger partial charge is 0.321 e. The number of rotatable bonds is 4. The lowest BCUT2D eigenvalue weighted by Gasteiger charge is -2.17. The van der Waals surface area contributed by atoms with Gasteiger partial charge in [0.15, 0.2) is 0 Å². The molecule has 0 saturated carbocycles. The highest BCUT2D eigenvalue weighted by Crippen LogP contribution is 2.24. The van der Waals surface area contributed by atoms with E-state index >= 15 is 0 Å². The molecule has 3 amide bonds. The molecule has 2 aliphatic heterocycles. The van der Waals surface area contributed by atoms with Crippen LogP contribution in [0.3, 0.4) is 0 Å². The summed E-state index contributed by atoms with van der Waals surface area (Å²) >= 11 is 6.15. The lowest BCUT2D eigenvalue weighted by atomic mass is 10.1. The number of amides is 3. The number of carbonyl (C=O) groups is 2. The molecule has 0 atom stereocenters. The molecule has 1 saturated heterocycles. The summed E-state index contributed by atoms with van der Waals surface area (Å²) in [5.41, 5.74) is 2.28. The molecule has 0 unspecified atom stereocenters. The van der Waals surface area contributed by atoms with Crippen LogP contribution in [0, 0.1) is 0 Å². The largest absolute Gasteiger partial charge is 0.348 e. The van der Waals surface area contributed by atoms with E-state index in [2.05, 4.69) is 22.0 Å². The molecular formula is C16H19ClN4O2. The third-order valence-corrected chi connectivity index (χ3v) is 4.33. The molecule has 0 spiro atoms. The van der Waals surface area contributed by atoms with Crippen molar-refractivity contribution in [3.8, 4) is 0 Å². The number of urea groups is 1. The minimum absolute atomic E-state index is 0.154. The molecule has 6 nitrogen and oxygen atoms in total. The molecule has 0 radical (unpaired) electrons. The van der Waals surface area contributed by atoms with E-state index in [4.69, 9.17) is 11.6 Å². The van der Waals surface area contributed by atoms with Gasteiger partial charge < -0.3 is 16.0 Å². The van der Waals surface area contributed by atoms with E-state index in [1.165, 1.54) is 5.57 Å². The summed E-state index contributed by atoms with van der Waals surface area (Å²) in [6.45, 7) is 3.48. The second-order valence-corrected chi connectivity index (χ2v) is 5.95. The normalized spacial score (nSPS) is 17.7. The number of benzene rings is 1. The highest BCUT2D eigenvalue weighted by Gasteiger charge is 2.22. The quantitative estimate of drug-likeness (QED) is 0.731.